The lowest BCUT2D eigenvalue weighted by Crippen LogP contribution is -2.39. The molecule has 1 heterocycles. The number of nitrogens with one attached hydrogen (secondary N) is 1. The van der Waals surface area contributed by atoms with Gasteiger partial charge in [0.1, 0.15) is 11.4 Å². The maximum absolute atomic E-state index is 14.0. The second kappa shape index (κ2) is 10.4. The Morgan fingerprint density at radius 1 is 0.974 bits per heavy atom. The molecule has 0 spiro atoms. The average Bonchev–Trinajstić information content (AvgIpc) is 3.09. The standard InChI is InChI=1S/C25H22F7N3O4/c1-34-17-4-2-3-5-18(17)35(23(34)38)12-13-6-8-14(9-7-13)33-21(36)15-10-11-16(26)19(24(27,28)29)20(15)39-22(37)25(30,31)32/h2-5,10-11,13-14H,6-9,12H2,1H3,(H,33,36). The summed E-state index contributed by atoms with van der Waals surface area (Å²) in [6.07, 6.45) is -9.45. The first-order valence-corrected chi connectivity index (χ1v) is 11.8. The Morgan fingerprint density at radius 2 is 1.59 bits per heavy atom. The monoisotopic (exact) mass is 561 g/mol. The molecule has 0 radical (unpaired) electrons. The number of ether oxygens (including phenoxy) is 1. The molecular formula is C25H22F7N3O4. The van der Waals surface area contributed by atoms with Crippen molar-refractivity contribution in [3.05, 3.63) is 63.8 Å². The van der Waals surface area contributed by atoms with Crippen molar-refractivity contribution in [1.82, 2.24) is 14.5 Å². The molecule has 0 saturated heterocycles. The molecule has 1 aromatic heterocycles. The van der Waals surface area contributed by atoms with Crippen LogP contribution in [0.4, 0.5) is 30.7 Å². The summed E-state index contributed by atoms with van der Waals surface area (Å²) in [5, 5.41) is 2.44. The van der Waals surface area contributed by atoms with Gasteiger partial charge in [-0.1, -0.05) is 12.1 Å². The zero-order valence-electron chi connectivity index (χ0n) is 20.3. The summed E-state index contributed by atoms with van der Waals surface area (Å²) in [5.74, 6) is -8.09. The molecule has 1 N–H and O–H groups in total. The molecule has 0 atom stereocenters. The van der Waals surface area contributed by atoms with Gasteiger partial charge in [0.25, 0.3) is 5.91 Å². The van der Waals surface area contributed by atoms with Gasteiger partial charge in [-0.05, 0) is 55.9 Å². The lowest BCUT2D eigenvalue weighted by molar-refractivity contribution is -0.190. The number of imidazole rings is 1. The van der Waals surface area contributed by atoms with Crippen LogP contribution in [0.3, 0.4) is 0 Å². The second-order valence-corrected chi connectivity index (χ2v) is 9.32. The number of carbonyl (C=O) groups is 2. The maximum Gasteiger partial charge on any atom is 0.491 e. The number of para-hydroxylation sites is 2. The average molecular weight is 561 g/mol. The lowest BCUT2D eigenvalue weighted by atomic mass is 9.85. The van der Waals surface area contributed by atoms with Crippen molar-refractivity contribution in [1.29, 1.82) is 0 Å². The van der Waals surface area contributed by atoms with E-state index in [1.54, 1.807) is 11.6 Å². The van der Waals surface area contributed by atoms with E-state index < -0.39 is 53.0 Å². The minimum absolute atomic E-state index is 0.0487. The molecule has 0 aliphatic heterocycles. The third-order valence-corrected chi connectivity index (χ3v) is 6.74. The summed E-state index contributed by atoms with van der Waals surface area (Å²) in [7, 11) is 1.66. The number of carbonyl (C=O) groups excluding carboxylic acids is 2. The van der Waals surface area contributed by atoms with Crippen LogP contribution in [0.25, 0.3) is 11.0 Å². The highest BCUT2D eigenvalue weighted by Gasteiger charge is 2.46. The molecule has 14 heteroatoms. The smallest absolute Gasteiger partial charge is 0.418 e. The van der Waals surface area contributed by atoms with Crippen LogP contribution in [-0.2, 0) is 24.6 Å². The lowest BCUT2D eigenvalue weighted by Gasteiger charge is -2.29. The van der Waals surface area contributed by atoms with E-state index in [-0.39, 0.29) is 17.7 Å². The molecule has 2 aromatic carbocycles. The van der Waals surface area contributed by atoms with Gasteiger partial charge in [0.15, 0.2) is 5.75 Å². The topological polar surface area (TPSA) is 82.3 Å². The Balaban J connectivity index is 1.49. The van der Waals surface area contributed by atoms with Crippen LogP contribution in [0.15, 0.2) is 41.2 Å². The van der Waals surface area contributed by atoms with Crippen LogP contribution in [0, 0.1) is 11.7 Å². The number of esters is 1. The first-order valence-electron chi connectivity index (χ1n) is 11.8. The zero-order chi connectivity index (χ0) is 28.7. The van der Waals surface area contributed by atoms with Crippen LogP contribution < -0.4 is 15.7 Å². The zero-order valence-corrected chi connectivity index (χ0v) is 20.3. The van der Waals surface area contributed by atoms with Crippen molar-refractivity contribution in [3.63, 3.8) is 0 Å². The number of halogens is 7. The molecule has 0 unspecified atom stereocenters. The van der Waals surface area contributed by atoms with Crippen molar-refractivity contribution in [3.8, 4) is 5.75 Å². The Hall–Kier alpha value is -3.84. The molecule has 39 heavy (non-hydrogen) atoms. The van der Waals surface area contributed by atoms with Gasteiger partial charge in [-0.2, -0.15) is 26.3 Å². The van der Waals surface area contributed by atoms with Gasteiger partial charge in [0.05, 0.1) is 16.6 Å². The van der Waals surface area contributed by atoms with Gasteiger partial charge in [-0.15, -0.1) is 0 Å². The number of amides is 1. The summed E-state index contributed by atoms with van der Waals surface area (Å²) in [5.41, 5.74) is -2.02. The van der Waals surface area contributed by atoms with E-state index in [1.165, 1.54) is 4.57 Å². The minimum Gasteiger partial charge on any atom is -0.418 e. The number of aromatic nitrogens is 2. The van der Waals surface area contributed by atoms with Crippen molar-refractivity contribution in [2.75, 3.05) is 0 Å². The normalized spacial score (nSPS) is 18.3. The highest BCUT2D eigenvalue weighted by atomic mass is 19.4. The largest absolute Gasteiger partial charge is 0.491 e. The van der Waals surface area contributed by atoms with Crippen LogP contribution in [-0.4, -0.2) is 33.2 Å². The van der Waals surface area contributed by atoms with Crippen molar-refractivity contribution < 1.29 is 45.1 Å². The fraction of sp³-hybridized carbons (Fsp3) is 0.400. The van der Waals surface area contributed by atoms with E-state index in [1.807, 2.05) is 24.3 Å². The number of hydrogen-bond acceptors (Lipinski definition) is 4. The van der Waals surface area contributed by atoms with Gasteiger partial charge >= 0.3 is 24.0 Å². The Labute approximate surface area is 216 Å². The Bertz CT molecular complexity index is 1470. The van der Waals surface area contributed by atoms with Crippen molar-refractivity contribution >= 4 is 22.9 Å². The summed E-state index contributed by atoms with van der Waals surface area (Å²) >= 11 is 0. The molecule has 3 aromatic rings. The number of aryl methyl sites for hydroxylation is 1. The van der Waals surface area contributed by atoms with E-state index in [0.29, 0.717) is 38.3 Å². The third-order valence-electron chi connectivity index (χ3n) is 6.74. The van der Waals surface area contributed by atoms with E-state index in [0.717, 1.165) is 11.0 Å². The number of rotatable bonds is 5. The van der Waals surface area contributed by atoms with Gasteiger partial charge in [-0.25, -0.2) is 14.0 Å². The van der Waals surface area contributed by atoms with Gasteiger partial charge in [0, 0.05) is 19.6 Å². The minimum atomic E-state index is -5.69. The maximum atomic E-state index is 14.0. The van der Waals surface area contributed by atoms with Crippen molar-refractivity contribution in [2.24, 2.45) is 13.0 Å². The molecule has 210 valence electrons. The second-order valence-electron chi connectivity index (χ2n) is 9.32. The van der Waals surface area contributed by atoms with Crippen molar-refractivity contribution in [2.45, 2.75) is 50.6 Å². The summed E-state index contributed by atoms with van der Waals surface area (Å²) < 4.78 is 99.5. The molecular weight excluding hydrogens is 539 g/mol. The van der Waals surface area contributed by atoms with Gasteiger partial charge < -0.3 is 10.1 Å². The first kappa shape index (κ1) is 28.2. The highest BCUT2D eigenvalue weighted by Crippen LogP contribution is 2.41. The van der Waals surface area contributed by atoms with Crippen LogP contribution in [0.2, 0.25) is 0 Å². The predicted octanol–water partition coefficient (Wildman–Crippen LogP) is 4.95. The molecule has 7 nitrogen and oxygen atoms in total. The third kappa shape index (κ3) is 5.78. The molecule has 1 amide bonds. The highest BCUT2D eigenvalue weighted by molar-refractivity contribution is 5.98. The first-order chi connectivity index (χ1) is 18.2. The summed E-state index contributed by atoms with van der Waals surface area (Å²) in [6.45, 7) is 0.408. The summed E-state index contributed by atoms with van der Waals surface area (Å²) in [4.78, 5) is 36.8. The number of nitrogens with zero attached hydrogens (tertiary/aromatic N) is 2. The SMILES string of the molecule is Cn1c(=O)n(CC2CCC(NC(=O)c3ccc(F)c(C(F)(F)F)c3OC(=O)C(F)(F)F)CC2)c2ccccc21. The van der Waals surface area contributed by atoms with E-state index >= 15 is 0 Å². The van der Waals surface area contributed by atoms with Crippen LogP contribution in [0.1, 0.15) is 41.6 Å². The molecule has 1 fully saturated rings. The molecule has 1 saturated carbocycles. The van der Waals surface area contributed by atoms with E-state index in [4.69, 9.17) is 0 Å². The Morgan fingerprint density at radius 3 is 2.18 bits per heavy atom. The summed E-state index contributed by atoms with van der Waals surface area (Å²) in [6, 6.07) is 7.49. The fourth-order valence-electron chi connectivity index (χ4n) is 4.81. The van der Waals surface area contributed by atoms with Crippen LogP contribution >= 0.6 is 0 Å². The quantitative estimate of drug-likeness (QED) is 0.272. The number of hydrogen-bond donors (Lipinski definition) is 1. The molecule has 1 aliphatic carbocycles. The number of benzene rings is 2. The number of fused-ring (bicyclic) bond motifs is 1. The predicted molar refractivity (Wildman–Crippen MR) is 123 cm³/mol. The Kier molecular flexibility index (Phi) is 7.50. The van der Waals surface area contributed by atoms with Gasteiger partial charge in [0.2, 0.25) is 0 Å². The van der Waals surface area contributed by atoms with E-state index in [9.17, 15) is 45.1 Å². The number of alkyl halides is 6. The fourth-order valence-corrected chi connectivity index (χ4v) is 4.81. The van der Waals surface area contributed by atoms with E-state index in [2.05, 4.69) is 10.1 Å². The van der Waals surface area contributed by atoms with Crippen LogP contribution in [0.5, 0.6) is 5.75 Å². The molecule has 4 rings (SSSR count). The van der Waals surface area contributed by atoms with Gasteiger partial charge in [-0.3, -0.25) is 13.9 Å². The molecule has 1 aliphatic rings. The molecule has 0 bridgehead atoms.